The van der Waals surface area contributed by atoms with Crippen molar-refractivity contribution in [2.75, 3.05) is 39.6 Å². The first-order valence-corrected chi connectivity index (χ1v) is 18.4. The third-order valence-corrected chi connectivity index (χ3v) is 10.2. The van der Waals surface area contributed by atoms with Gasteiger partial charge >= 0.3 is 5.97 Å². The van der Waals surface area contributed by atoms with Crippen LogP contribution in [0.15, 0.2) is 72.8 Å². The molecule has 0 radical (unpaired) electrons. The van der Waals surface area contributed by atoms with Gasteiger partial charge in [0.15, 0.2) is 0 Å². The molecular formula is C41H50O8. The topological polar surface area (TPSA) is 88.3 Å². The summed E-state index contributed by atoms with van der Waals surface area (Å²) in [7, 11) is 0. The van der Waals surface area contributed by atoms with Crippen molar-refractivity contribution in [2.24, 2.45) is 11.8 Å². The number of unbranched alkanes of at least 4 members (excludes halogenated alkanes) is 2. The summed E-state index contributed by atoms with van der Waals surface area (Å²) in [4.78, 5) is 12.8. The molecule has 2 saturated heterocycles. The van der Waals surface area contributed by atoms with Crippen LogP contribution in [0.2, 0.25) is 0 Å². The molecule has 0 bridgehead atoms. The van der Waals surface area contributed by atoms with Crippen molar-refractivity contribution in [1.29, 1.82) is 0 Å². The van der Waals surface area contributed by atoms with Gasteiger partial charge in [-0.25, -0.2) is 4.79 Å². The van der Waals surface area contributed by atoms with Gasteiger partial charge in [-0.3, -0.25) is 0 Å². The van der Waals surface area contributed by atoms with Crippen molar-refractivity contribution in [3.63, 3.8) is 0 Å². The normalized spacial score (nSPS) is 25.1. The molecule has 3 aromatic rings. The summed E-state index contributed by atoms with van der Waals surface area (Å²) in [5, 5.41) is 0. The zero-order chi connectivity index (χ0) is 33.3. The van der Waals surface area contributed by atoms with Gasteiger partial charge in [0.2, 0.25) is 0 Å². The van der Waals surface area contributed by atoms with E-state index in [4.69, 9.17) is 33.2 Å². The van der Waals surface area contributed by atoms with Gasteiger partial charge in [0.05, 0.1) is 43.2 Å². The Balaban J connectivity index is 0.743. The fourth-order valence-corrected chi connectivity index (χ4v) is 7.08. The van der Waals surface area contributed by atoms with E-state index in [1.165, 1.54) is 32.1 Å². The molecule has 49 heavy (non-hydrogen) atoms. The van der Waals surface area contributed by atoms with E-state index in [0.29, 0.717) is 60.8 Å². The molecule has 3 aromatic carbocycles. The van der Waals surface area contributed by atoms with E-state index in [2.05, 4.69) is 0 Å². The van der Waals surface area contributed by atoms with Crippen LogP contribution in [0.4, 0.5) is 0 Å². The molecule has 0 N–H and O–H groups in total. The first kappa shape index (κ1) is 34.0. The number of ether oxygens (including phenoxy) is 7. The Morgan fingerprint density at radius 2 is 0.980 bits per heavy atom. The summed E-state index contributed by atoms with van der Waals surface area (Å²) in [6.07, 6.45) is 13.2. The summed E-state index contributed by atoms with van der Waals surface area (Å²) in [6, 6.07) is 22.7. The molecular weight excluding hydrogens is 620 g/mol. The first-order valence-electron chi connectivity index (χ1n) is 18.4. The molecule has 2 aliphatic heterocycles. The summed E-state index contributed by atoms with van der Waals surface area (Å²) < 4.78 is 40.4. The van der Waals surface area contributed by atoms with E-state index in [9.17, 15) is 4.79 Å². The van der Waals surface area contributed by atoms with Crippen LogP contribution in [0, 0.1) is 11.8 Å². The summed E-state index contributed by atoms with van der Waals surface area (Å²) >= 11 is 0. The van der Waals surface area contributed by atoms with Gasteiger partial charge < -0.3 is 33.2 Å². The Labute approximate surface area is 290 Å². The molecule has 2 aliphatic carbocycles. The minimum Gasteiger partial charge on any atom is -0.494 e. The molecule has 2 heterocycles. The number of epoxide rings is 2. The zero-order valence-electron chi connectivity index (χ0n) is 28.5. The largest absolute Gasteiger partial charge is 0.494 e. The highest BCUT2D eigenvalue weighted by Gasteiger charge is 2.44. The molecule has 0 amide bonds. The number of fused-ring (bicyclic) bond motifs is 2. The van der Waals surface area contributed by atoms with Gasteiger partial charge in [-0.1, -0.05) is 24.3 Å². The SMILES string of the molecule is O=C(Oc1ccc(OCCCCOCC2CCC3OC3C2)cc1)c1ccc(-c2ccc(OCCCCOCC3CCC4OC4C3)cc2)cc1. The Bertz CT molecular complexity index is 1460. The second kappa shape index (κ2) is 17.0. The smallest absolute Gasteiger partial charge is 0.343 e. The van der Waals surface area contributed by atoms with E-state index in [0.717, 1.165) is 81.2 Å². The molecule has 8 nitrogen and oxygen atoms in total. The van der Waals surface area contributed by atoms with Crippen LogP contribution < -0.4 is 14.2 Å². The number of rotatable bonds is 19. The third-order valence-electron chi connectivity index (χ3n) is 10.2. The standard InChI is InChI=1S/C41H50O8/c42-41(47-36-17-15-35(16-18-36)46-24-4-2-22-44-28-30-6-20-38-40(26-30)49-38)33-9-7-31(8-10-33)32-11-13-34(14-12-32)45-23-3-1-21-43-27-29-5-19-37-39(25-29)48-37/h7-18,29-30,37-40H,1-6,19-28H2. The van der Waals surface area contributed by atoms with Crippen molar-refractivity contribution in [3.05, 3.63) is 78.4 Å². The third kappa shape index (κ3) is 10.3. The van der Waals surface area contributed by atoms with Crippen LogP contribution in [0.3, 0.4) is 0 Å². The highest BCUT2D eigenvalue weighted by molar-refractivity contribution is 5.91. The molecule has 8 heteroatoms. The van der Waals surface area contributed by atoms with Gasteiger partial charge in [-0.2, -0.15) is 0 Å². The molecule has 6 atom stereocenters. The lowest BCUT2D eigenvalue weighted by molar-refractivity contribution is 0.0734. The van der Waals surface area contributed by atoms with Crippen LogP contribution in [0.1, 0.15) is 74.6 Å². The van der Waals surface area contributed by atoms with Gasteiger partial charge in [0.25, 0.3) is 0 Å². The highest BCUT2D eigenvalue weighted by atomic mass is 16.6. The molecule has 0 aromatic heterocycles. The van der Waals surface area contributed by atoms with Crippen LogP contribution in [-0.4, -0.2) is 70.0 Å². The first-order chi connectivity index (χ1) is 24.2. The number of carbonyl (C=O) groups is 1. The predicted molar refractivity (Wildman–Crippen MR) is 186 cm³/mol. The van der Waals surface area contributed by atoms with Crippen molar-refractivity contribution in [3.8, 4) is 28.4 Å². The van der Waals surface area contributed by atoms with E-state index >= 15 is 0 Å². The fraction of sp³-hybridized carbons (Fsp3) is 0.537. The van der Waals surface area contributed by atoms with E-state index < -0.39 is 5.97 Å². The van der Waals surface area contributed by atoms with Gasteiger partial charge in [0, 0.05) is 26.4 Å². The van der Waals surface area contributed by atoms with Gasteiger partial charge in [0.1, 0.15) is 17.2 Å². The Morgan fingerprint density at radius 3 is 1.49 bits per heavy atom. The van der Waals surface area contributed by atoms with Gasteiger partial charge in [-0.15, -0.1) is 0 Å². The molecule has 262 valence electrons. The quantitative estimate of drug-likeness (QED) is 0.0548. The average Bonchev–Trinajstić information content (AvgIpc) is 4.07. The lowest BCUT2D eigenvalue weighted by atomic mass is 9.90. The van der Waals surface area contributed by atoms with Crippen molar-refractivity contribution >= 4 is 5.97 Å². The average molecular weight is 671 g/mol. The zero-order valence-corrected chi connectivity index (χ0v) is 28.5. The minimum absolute atomic E-state index is 0.396. The number of hydrogen-bond acceptors (Lipinski definition) is 8. The highest BCUT2D eigenvalue weighted by Crippen LogP contribution is 2.40. The molecule has 2 saturated carbocycles. The number of hydrogen-bond donors (Lipinski definition) is 0. The fourth-order valence-electron chi connectivity index (χ4n) is 7.08. The lowest BCUT2D eigenvalue weighted by Gasteiger charge is -2.18. The van der Waals surface area contributed by atoms with Crippen LogP contribution in [0.25, 0.3) is 11.1 Å². The Hall–Kier alpha value is -3.43. The number of carbonyl (C=O) groups excluding carboxylic acids is 1. The second-order valence-electron chi connectivity index (χ2n) is 14.0. The summed E-state index contributed by atoms with van der Waals surface area (Å²) in [5.41, 5.74) is 2.57. The van der Waals surface area contributed by atoms with Crippen LogP contribution >= 0.6 is 0 Å². The van der Waals surface area contributed by atoms with Gasteiger partial charge in [-0.05, 0) is 136 Å². The van der Waals surface area contributed by atoms with Crippen molar-refractivity contribution in [1.82, 2.24) is 0 Å². The minimum atomic E-state index is -0.396. The van der Waals surface area contributed by atoms with Crippen LogP contribution in [0.5, 0.6) is 17.2 Å². The molecule has 6 unspecified atom stereocenters. The Kier molecular flexibility index (Phi) is 11.8. The van der Waals surface area contributed by atoms with Crippen molar-refractivity contribution < 1.29 is 38.0 Å². The summed E-state index contributed by atoms with van der Waals surface area (Å²) in [5.74, 6) is 3.01. The number of esters is 1. The predicted octanol–water partition coefficient (Wildman–Crippen LogP) is 8.06. The molecule has 4 fully saturated rings. The van der Waals surface area contributed by atoms with Crippen molar-refractivity contribution in [2.45, 2.75) is 88.6 Å². The summed E-state index contributed by atoms with van der Waals surface area (Å²) in [6.45, 7) is 4.55. The maximum absolute atomic E-state index is 12.8. The maximum Gasteiger partial charge on any atom is 0.343 e. The monoisotopic (exact) mass is 670 g/mol. The van der Waals surface area contributed by atoms with E-state index in [-0.39, 0.29) is 0 Å². The lowest BCUT2D eigenvalue weighted by Crippen LogP contribution is -2.18. The van der Waals surface area contributed by atoms with E-state index in [1.807, 2.05) is 48.5 Å². The maximum atomic E-state index is 12.8. The van der Waals surface area contributed by atoms with E-state index in [1.54, 1.807) is 24.3 Å². The second-order valence-corrected chi connectivity index (χ2v) is 14.0. The molecule has 4 aliphatic rings. The Morgan fingerprint density at radius 1 is 0.531 bits per heavy atom. The van der Waals surface area contributed by atoms with Crippen LogP contribution in [-0.2, 0) is 18.9 Å². The molecule has 0 spiro atoms. The molecule has 7 rings (SSSR count). The number of benzene rings is 3.